The highest BCUT2D eigenvalue weighted by Crippen LogP contribution is 2.39. The molecule has 1 saturated carbocycles. The minimum absolute atomic E-state index is 0.0226. The molecule has 6 rings (SSSR count). The van der Waals surface area contributed by atoms with E-state index in [1.807, 2.05) is 37.4 Å². The molecule has 2 unspecified atom stereocenters. The Labute approximate surface area is 267 Å². The summed E-state index contributed by atoms with van der Waals surface area (Å²) in [6.07, 6.45) is 6.41. The number of fused-ring (bicyclic) bond motifs is 2. The highest BCUT2D eigenvalue weighted by Gasteiger charge is 2.41. The Bertz CT molecular complexity index is 1510. The first-order valence-corrected chi connectivity index (χ1v) is 16.6. The van der Waals surface area contributed by atoms with Crippen LogP contribution < -0.4 is 20.1 Å². The number of rotatable bonds is 11. The van der Waals surface area contributed by atoms with Crippen molar-refractivity contribution in [1.29, 1.82) is 0 Å². The van der Waals surface area contributed by atoms with Crippen LogP contribution in [0, 0.1) is 13.8 Å². The quantitative estimate of drug-likeness (QED) is 0.237. The highest BCUT2D eigenvalue weighted by atomic mass is 35.5. The zero-order valence-corrected chi connectivity index (χ0v) is 27.2. The van der Waals surface area contributed by atoms with E-state index in [9.17, 15) is 4.79 Å². The molecule has 43 heavy (non-hydrogen) atoms. The van der Waals surface area contributed by atoms with Crippen LogP contribution >= 0.6 is 34.5 Å². The van der Waals surface area contributed by atoms with Gasteiger partial charge in [-0.2, -0.15) is 0 Å². The number of nitrogens with one attached hydrogen (secondary N) is 2. The molecule has 0 spiro atoms. The van der Waals surface area contributed by atoms with Gasteiger partial charge in [-0.15, -0.1) is 11.3 Å². The average molecular weight is 642 g/mol. The number of hydrogen-bond donors (Lipinski definition) is 2. The molecule has 3 heterocycles. The van der Waals surface area contributed by atoms with Crippen molar-refractivity contribution >= 4 is 46.0 Å². The number of piperazine rings is 1. The second kappa shape index (κ2) is 13.2. The first kappa shape index (κ1) is 30.4. The number of thiazole rings is 1. The van der Waals surface area contributed by atoms with Crippen molar-refractivity contribution in [3.63, 3.8) is 0 Å². The summed E-state index contributed by atoms with van der Waals surface area (Å²) in [6, 6.07) is 10.3. The largest absolute Gasteiger partial charge is 0.496 e. The maximum atomic E-state index is 14.5. The van der Waals surface area contributed by atoms with Crippen LogP contribution in [0.25, 0.3) is 5.57 Å². The normalized spacial score (nSPS) is 19.8. The molecule has 228 valence electrons. The van der Waals surface area contributed by atoms with Gasteiger partial charge in [0.05, 0.1) is 39.7 Å². The van der Waals surface area contributed by atoms with E-state index in [-0.39, 0.29) is 18.0 Å². The summed E-state index contributed by atoms with van der Waals surface area (Å²) in [6.45, 7) is 6.72. The van der Waals surface area contributed by atoms with Gasteiger partial charge in [0.2, 0.25) is 0 Å². The number of benzene rings is 2. The number of methoxy groups -OCH3 is 1. The van der Waals surface area contributed by atoms with Crippen LogP contribution in [0.15, 0.2) is 42.1 Å². The zero-order chi connectivity index (χ0) is 30.1. The molecular weight excluding hydrogens is 603 g/mol. The van der Waals surface area contributed by atoms with Crippen molar-refractivity contribution in [1.82, 2.24) is 20.5 Å². The molecule has 2 fully saturated rings. The number of aromatic nitrogens is 1. The van der Waals surface area contributed by atoms with E-state index in [1.54, 1.807) is 18.4 Å². The molecule has 3 aromatic rings. The molecule has 10 heteroatoms. The fraction of sp³-hybridized carbons (Fsp3) is 0.455. The summed E-state index contributed by atoms with van der Waals surface area (Å²) in [5.74, 6) is 1.52. The van der Waals surface area contributed by atoms with Crippen molar-refractivity contribution in [3.8, 4) is 11.5 Å². The second-order valence-electron chi connectivity index (χ2n) is 11.7. The number of halogens is 2. The summed E-state index contributed by atoms with van der Waals surface area (Å²) in [7, 11) is 1.69. The number of carbonyl (C=O) groups excluding carboxylic acids is 1. The average Bonchev–Trinajstić information content (AvgIpc) is 3.72. The summed E-state index contributed by atoms with van der Waals surface area (Å²) in [5, 5.41) is 9.35. The van der Waals surface area contributed by atoms with Gasteiger partial charge in [0.15, 0.2) is 5.75 Å². The lowest BCUT2D eigenvalue weighted by molar-refractivity contribution is -0.128. The Hall–Kier alpha value is -2.62. The molecule has 2 aliphatic heterocycles. The van der Waals surface area contributed by atoms with Crippen molar-refractivity contribution in [2.24, 2.45) is 0 Å². The van der Waals surface area contributed by atoms with Gasteiger partial charge in [-0.25, -0.2) is 4.98 Å². The number of aryl methyl sites for hydroxylation is 2. The molecule has 2 aromatic carbocycles. The van der Waals surface area contributed by atoms with Gasteiger partial charge in [-0.05, 0) is 80.0 Å². The molecule has 2 atom stereocenters. The maximum Gasteiger partial charge on any atom is 0.252 e. The van der Waals surface area contributed by atoms with Crippen molar-refractivity contribution in [2.45, 2.75) is 70.6 Å². The van der Waals surface area contributed by atoms with Gasteiger partial charge in [-0.1, -0.05) is 35.3 Å². The SMILES string of the molecule is COc1cccc(CN(C(=O)C2=C(c3cnc(CCCOc4c(Cl)cc(C)cc4Cl)s3)CC3CNCC2N3)C2CC2)c1C. The van der Waals surface area contributed by atoms with Crippen molar-refractivity contribution in [3.05, 3.63) is 78.7 Å². The van der Waals surface area contributed by atoms with Crippen molar-refractivity contribution in [2.75, 3.05) is 26.8 Å². The van der Waals surface area contributed by atoms with Crippen molar-refractivity contribution < 1.29 is 14.3 Å². The third kappa shape index (κ3) is 6.74. The lowest BCUT2D eigenvalue weighted by atomic mass is 9.86. The van der Waals surface area contributed by atoms with Gasteiger partial charge < -0.3 is 25.0 Å². The number of ether oxygens (including phenoxy) is 2. The molecule has 0 radical (unpaired) electrons. The Morgan fingerprint density at radius 2 is 1.95 bits per heavy atom. The zero-order valence-electron chi connectivity index (χ0n) is 24.8. The second-order valence-corrected chi connectivity index (χ2v) is 13.6. The molecule has 2 bridgehead atoms. The standard InChI is InChI=1S/C33H38Cl2N4O3S/c1-19-12-25(34)32(26(35)13-19)42-11-5-8-30-37-17-29(43-30)24-14-22-15-36-16-27(38-22)31(24)33(40)39(23-9-10-23)18-21-6-4-7-28(41-3)20(21)2/h4,6-7,12-13,17,22-23,27,36,38H,5,8-11,14-16,18H2,1-3H3. The van der Waals surface area contributed by atoms with Gasteiger partial charge in [-0.3, -0.25) is 4.79 Å². The summed E-state index contributed by atoms with van der Waals surface area (Å²) < 4.78 is 11.5. The number of nitrogens with zero attached hydrogens (tertiary/aromatic N) is 2. The monoisotopic (exact) mass is 640 g/mol. The predicted octanol–water partition coefficient (Wildman–Crippen LogP) is 6.37. The van der Waals surface area contributed by atoms with Crippen LogP contribution in [0.4, 0.5) is 0 Å². The van der Waals surface area contributed by atoms with E-state index in [1.165, 1.54) is 0 Å². The van der Waals surface area contributed by atoms with Gasteiger partial charge in [0.25, 0.3) is 5.91 Å². The first-order chi connectivity index (χ1) is 20.8. The Balaban J connectivity index is 1.21. The Kier molecular flexibility index (Phi) is 9.31. The summed E-state index contributed by atoms with van der Waals surface area (Å²) >= 11 is 14.4. The minimum atomic E-state index is -0.0226. The Morgan fingerprint density at radius 3 is 2.70 bits per heavy atom. The third-order valence-corrected chi connectivity index (χ3v) is 10.2. The fourth-order valence-corrected chi connectivity index (χ4v) is 7.86. The lowest BCUT2D eigenvalue weighted by Gasteiger charge is -2.40. The van der Waals surface area contributed by atoms with Gasteiger partial charge in [0.1, 0.15) is 5.75 Å². The van der Waals surface area contributed by atoms with Crippen LogP contribution in [0.2, 0.25) is 10.0 Å². The van der Waals surface area contributed by atoms with E-state index in [0.717, 1.165) is 88.7 Å². The number of carbonyl (C=O) groups is 1. The molecule has 1 aromatic heterocycles. The third-order valence-electron chi connectivity index (χ3n) is 8.51. The minimum Gasteiger partial charge on any atom is -0.496 e. The molecule has 1 saturated heterocycles. The summed E-state index contributed by atoms with van der Waals surface area (Å²) in [5.41, 5.74) is 5.24. The van der Waals surface area contributed by atoms with Crippen LogP contribution in [0.5, 0.6) is 11.5 Å². The van der Waals surface area contributed by atoms with E-state index in [2.05, 4.69) is 28.5 Å². The topological polar surface area (TPSA) is 75.7 Å². The van der Waals surface area contributed by atoms with Gasteiger partial charge in [0, 0.05) is 49.9 Å². The molecule has 2 N–H and O–H groups in total. The maximum absolute atomic E-state index is 14.5. The van der Waals surface area contributed by atoms with Crippen LogP contribution in [0.3, 0.4) is 0 Å². The van der Waals surface area contributed by atoms with E-state index < -0.39 is 0 Å². The first-order valence-electron chi connectivity index (χ1n) is 15.0. The summed E-state index contributed by atoms with van der Waals surface area (Å²) in [4.78, 5) is 22.4. The number of amides is 1. The smallest absolute Gasteiger partial charge is 0.252 e. The van der Waals surface area contributed by atoms with Gasteiger partial charge >= 0.3 is 0 Å². The lowest BCUT2D eigenvalue weighted by Crippen LogP contribution is -2.59. The molecule has 1 aliphatic carbocycles. The molecule has 7 nitrogen and oxygen atoms in total. The fourth-order valence-electron chi connectivity index (χ4n) is 6.13. The van der Waals surface area contributed by atoms with Crippen LogP contribution in [-0.4, -0.2) is 60.7 Å². The van der Waals surface area contributed by atoms with Crippen LogP contribution in [0.1, 0.15) is 52.3 Å². The Morgan fingerprint density at radius 1 is 1.16 bits per heavy atom. The van der Waals surface area contributed by atoms with Crippen LogP contribution in [-0.2, 0) is 17.8 Å². The predicted molar refractivity (Wildman–Crippen MR) is 174 cm³/mol. The highest BCUT2D eigenvalue weighted by molar-refractivity contribution is 7.12. The molecule has 1 amide bonds. The van der Waals surface area contributed by atoms with E-state index in [0.29, 0.717) is 35.0 Å². The molecular formula is C33H38Cl2N4O3S. The van der Waals surface area contributed by atoms with E-state index in [4.69, 9.17) is 37.7 Å². The van der Waals surface area contributed by atoms with E-state index >= 15 is 0 Å². The molecule has 3 aliphatic rings. The number of hydrogen-bond acceptors (Lipinski definition) is 7.